The maximum atomic E-state index is 11.8. The number of hydrogen-bond donors (Lipinski definition) is 2. The molecule has 19 heavy (non-hydrogen) atoms. The number of amides is 1. The summed E-state index contributed by atoms with van der Waals surface area (Å²) in [4.78, 5) is 11.8. The Bertz CT molecular complexity index is 551. The largest absolute Gasteiger partial charge is 0.395 e. The van der Waals surface area contributed by atoms with Crippen LogP contribution in [0, 0.1) is 6.92 Å². The highest BCUT2D eigenvalue weighted by Gasteiger charge is 2.15. The van der Waals surface area contributed by atoms with Crippen LogP contribution in [-0.2, 0) is 6.54 Å². The summed E-state index contributed by atoms with van der Waals surface area (Å²) in [5.74, 6) is -0.314. The van der Waals surface area contributed by atoms with Crippen LogP contribution < -0.4 is 5.32 Å². The quantitative estimate of drug-likeness (QED) is 0.813. The molecule has 0 saturated carbocycles. The molecule has 0 atom stereocenters. The van der Waals surface area contributed by atoms with Crippen molar-refractivity contribution in [2.24, 2.45) is 0 Å². The Kier molecular flexibility index (Phi) is 4.25. The van der Waals surface area contributed by atoms with E-state index in [1.807, 2.05) is 30.3 Å². The van der Waals surface area contributed by atoms with Crippen molar-refractivity contribution in [1.82, 2.24) is 20.3 Å². The van der Waals surface area contributed by atoms with Crippen molar-refractivity contribution in [3.8, 4) is 0 Å². The number of hydrogen-bond acceptors (Lipinski definition) is 4. The van der Waals surface area contributed by atoms with E-state index in [1.165, 1.54) is 0 Å². The number of aromatic nitrogens is 3. The SMILES string of the molecule is Cc1c(C(=O)NCCO)nnn1Cc1ccccc1. The molecule has 1 aromatic heterocycles. The Labute approximate surface area is 111 Å². The van der Waals surface area contributed by atoms with Crippen LogP contribution in [-0.4, -0.2) is 39.2 Å². The first-order valence-corrected chi connectivity index (χ1v) is 6.05. The van der Waals surface area contributed by atoms with Crippen LogP contribution in [0.5, 0.6) is 0 Å². The van der Waals surface area contributed by atoms with Crippen molar-refractivity contribution in [2.75, 3.05) is 13.2 Å². The molecule has 1 aromatic carbocycles. The summed E-state index contributed by atoms with van der Waals surface area (Å²) in [6, 6.07) is 9.84. The monoisotopic (exact) mass is 260 g/mol. The summed E-state index contributed by atoms with van der Waals surface area (Å²) in [6.45, 7) is 2.50. The average molecular weight is 260 g/mol. The van der Waals surface area contributed by atoms with Gasteiger partial charge >= 0.3 is 0 Å². The summed E-state index contributed by atoms with van der Waals surface area (Å²) < 4.78 is 1.68. The van der Waals surface area contributed by atoms with Crippen LogP contribution in [0.4, 0.5) is 0 Å². The Morgan fingerprint density at radius 1 is 1.37 bits per heavy atom. The lowest BCUT2D eigenvalue weighted by atomic mass is 10.2. The first-order chi connectivity index (χ1) is 9.22. The lowest BCUT2D eigenvalue weighted by Gasteiger charge is -2.04. The zero-order chi connectivity index (χ0) is 13.7. The van der Waals surface area contributed by atoms with E-state index in [9.17, 15) is 4.79 Å². The number of aliphatic hydroxyl groups is 1. The molecule has 6 nitrogen and oxygen atoms in total. The van der Waals surface area contributed by atoms with Crippen molar-refractivity contribution in [3.05, 3.63) is 47.3 Å². The van der Waals surface area contributed by atoms with E-state index >= 15 is 0 Å². The van der Waals surface area contributed by atoms with Gasteiger partial charge in [0.2, 0.25) is 0 Å². The Balaban J connectivity index is 2.12. The Morgan fingerprint density at radius 2 is 2.11 bits per heavy atom. The molecule has 0 aliphatic carbocycles. The van der Waals surface area contributed by atoms with E-state index in [1.54, 1.807) is 11.6 Å². The molecule has 0 radical (unpaired) electrons. The van der Waals surface area contributed by atoms with E-state index in [4.69, 9.17) is 5.11 Å². The molecule has 1 heterocycles. The minimum absolute atomic E-state index is 0.0943. The summed E-state index contributed by atoms with van der Waals surface area (Å²) in [5.41, 5.74) is 2.10. The second-order valence-electron chi connectivity index (χ2n) is 4.15. The number of benzene rings is 1. The van der Waals surface area contributed by atoms with Crippen LogP contribution >= 0.6 is 0 Å². The van der Waals surface area contributed by atoms with E-state index in [0.717, 1.165) is 5.56 Å². The third-order valence-corrected chi connectivity index (χ3v) is 2.77. The predicted molar refractivity (Wildman–Crippen MR) is 69.7 cm³/mol. The Hall–Kier alpha value is -2.21. The highest BCUT2D eigenvalue weighted by molar-refractivity contribution is 5.93. The van der Waals surface area contributed by atoms with Crippen LogP contribution in [0.25, 0.3) is 0 Å². The number of nitrogens with one attached hydrogen (secondary N) is 1. The number of aliphatic hydroxyl groups excluding tert-OH is 1. The van der Waals surface area contributed by atoms with Gasteiger partial charge in [0.25, 0.3) is 5.91 Å². The molecule has 0 saturated heterocycles. The molecular weight excluding hydrogens is 244 g/mol. The van der Waals surface area contributed by atoms with E-state index in [0.29, 0.717) is 17.9 Å². The first-order valence-electron chi connectivity index (χ1n) is 6.05. The molecule has 1 amide bonds. The molecule has 0 bridgehead atoms. The summed E-state index contributed by atoms with van der Waals surface area (Å²) in [7, 11) is 0. The minimum Gasteiger partial charge on any atom is -0.395 e. The summed E-state index contributed by atoms with van der Waals surface area (Å²) in [5, 5.41) is 19.1. The van der Waals surface area contributed by atoms with Gasteiger partial charge in [-0.3, -0.25) is 4.79 Å². The molecular formula is C13H16N4O2. The van der Waals surface area contributed by atoms with Gasteiger partial charge in [-0.05, 0) is 12.5 Å². The smallest absolute Gasteiger partial charge is 0.273 e. The minimum atomic E-state index is -0.314. The third-order valence-electron chi connectivity index (χ3n) is 2.77. The topological polar surface area (TPSA) is 80.0 Å². The van der Waals surface area contributed by atoms with Crippen LogP contribution in [0.2, 0.25) is 0 Å². The maximum Gasteiger partial charge on any atom is 0.273 e. The van der Waals surface area contributed by atoms with Gasteiger partial charge in [-0.2, -0.15) is 0 Å². The van der Waals surface area contributed by atoms with Gasteiger partial charge in [-0.25, -0.2) is 4.68 Å². The molecule has 100 valence electrons. The molecule has 0 aliphatic heterocycles. The molecule has 6 heteroatoms. The van der Waals surface area contributed by atoms with Crippen LogP contribution in [0.3, 0.4) is 0 Å². The standard InChI is InChI=1S/C13H16N4O2/c1-10-12(13(19)14-7-8-18)15-16-17(10)9-11-5-3-2-4-6-11/h2-6,18H,7-9H2,1H3,(H,14,19). The maximum absolute atomic E-state index is 11.8. The molecule has 2 aromatic rings. The van der Waals surface area contributed by atoms with Crippen molar-refractivity contribution < 1.29 is 9.90 Å². The molecule has 0 spiro atoms. The molecule has 0 fully saturated rings. The van der Waals surface area contributed by atoms with Gasteiger partial charge in [0.05, 0.1) is 18.8 Å². The number of carbonyl (C=O) groups excluding carboxylic acids is 1. The van der Waals surface area contributed by atoms with Crippen LogP contribution in [0.1, 0.15) is 21.7 Å². The fourth-order valence-electron chi connectivity index (χ4n) is 1.73. The first kappa shape index (κ1) is 13.2. The zero-order valence-electron chi connectivity index (χ0n) is 10.7. The van der Waals surface area contributed by atoms with Crippen molar-refractivity contribution in [3.63, 3.8) is 0 Å². The van der Waals surface area contributed by atoms with Crippen molar-refractivity contribution in [1.29, 1.82) is 0 Å². The second kappa shape index (κ2) is 6.10. The molecule has 0 aliphatic rings. The van der Waals surface area contributed by atoms with Gasteiger partial charge in [0.1, 0.15) is 0 Å². The zero-order valence-corrected chi connectivity index (χ0v) is 10.7. The number of nitrogens with zero attached hydrogens (tertiary/aromatic N) is 3. The van der Waals surface area contributed by atoms with Gasteiger partial charge < -0.3 is 10.4 Å². The highest BCUT2D eigenvalue weighted by Crippen LogP contribution is 2.07. The van der Waals surface area contributed by atoms with Crippen molar-refractivity contribution >= 4 is 5.91 Å². The second-order valence-corrected chi connectivity index (χ2v) is 4.15. The fraction of sp³-hybridized carbons (Fsp3) is 0.308. The van der Waals surface area contributed by atoms with E-state index < -0.39 is 0 Å². The summed E-state index contributed by atoms with van der Waals surface area (Å²) >= 11 is 0. The number of carbonyl (C=O) groups is 1. The molecule has 0 unspecified atom stereocenters. The van der Waals surface area contributed by atoms with Gasteiger partial charge in [-0.15, -0.1) is 5.10 Å². The summed E-state index contributed by atoms with van der Waals surface area (Å²) in [6.07, 6.45) is 0. The highest BCUT2D eigenvalue weighted by atomic mass is 16.3. The molecule has 2 rings (SSSR count). The van der Waals surface area contributed by atoms with Crippen molar-refractivity contribution in [2.45, 2.75) is 13.5 Å². The number of rotatable bonds is 5. The normalized spacial score (nSPS) is 10.4. The van der Waals surface area contributed by atoms with Gasteiger partial charge in [0.15, 0.2) is 5.69 Å². The van der Waals surface area contributed by atoms with E-state index in [-0.39, 0.29) is 19.1 Å². The Morgan fingerprint density at radius 3 is 2.79 bits per heavy atom. The van der Waals surface area contributed by atoms with Gasteiger partial charge in [0, 0.05) is 6.54 Å². The predicted octanol–water partition coefficient (Wildman–Crippen LogP) is 0.357. The fourth-order valence-corrected chi connectivity index (χ4v) is 1.73. The third kappa shape index (κ3) is 3.17. The lowest BCUT2D eigenvalue weighted by molar-refractivity contribution is 0.0939. The average Bonchev–Trinajstić information content (AvgIpc) is 2.79. The lowest BCUT2D eigenvalue weighted by Crippen LogP contribution is -2.27. The van der Waals surface area contributed by atoms with Crippen LogP contribution in [0.15, 0.2) is 30.3 Å². The molecule has 2 N–H and O–H groups in total. The van der Waals surface area contributed by atoms with E-state index in [2.05, 4.69) is 15.6 Å². The van der Waals surface area contributed by atoms with Gasteiger partial charge in [-0.1, -0.05) is 35.5 Å².